The second kappa shape index (κ2) is 23.5. The van der Waals surface area contributed by atoms with Crippen LogP contribution in [0.2, 0.25) is 0 Å². The third kappa shape index (κ3) is 16.4. The lowest BCUT2D eigenvalue weighted by Gasteiger charge is -2.49. The van der Waals surface area contributed by atoms with Crippen molar-refractivity contribution < 1.29 is 166 Å². The predicted molar refractivity (Wildman–Crippen MR) is 205 cm³/mol. The van der Waals surface area contributed by atoms with E-state index in [4.69, 9.17) is 37.9 Å². The second-order valence-electron chi connectivity index (χ2n) is 14.8. The predicted octanol–water partition coefficient (Wildman–Crippen LogP) is -9.85. The molecule has 0 radical (unpaired) electrons. The number of carboxylic acid groups (broad SMARTS) is 2. The van der Waals surface area contributed by atoms with E-state index in [1.807, 2.05) is 0 Å². The number of ether oxygens (including phenoxy) is 8. The Balaban J connectivity index is 1.79. The Morgan fingerprint density at radius 2 is 0.943 bits per heavy atom. The summed E-state index contributed by atoms with van der Waals surface area (Å²) in [7, 11) is -28.3. The fourth-order valence-corrected chi connectivity index (χ4v) is 9.55. The van der Waals surface area contributed by atoms with Crippen molar-refractivity contribution in [3.63, 3.8) is 0 Å². The molecule has 4 aliphatic rings. The Morgan fingerprint density at radius 1 is 0.514 bits per heavy atom. The molecule has 43 heteroatoms. The Kier molecular flexibility index (Phi) is 20.3. The van der Waals surface area contributed by atoms with Gasteiger partial charge in [-0.25, -0.2) is 22.1 Å². The second-order valence-corrected chi connectivity index (χ2v) is 20.4. The molecule has 0 aromatic rings. The van der Waals surface area contributed by atoms with Crippen molar-refractivity contribution in [2.24, 2.45) is 0 Å². The molecule has 15 N–H and O–H groups in total. The van der Waals surface area contributed by atoms with Gasteiger partial charge >= 0.3 is 63.7 Å². The number of carbonyl (C=O) groups is 2. The van der Waals surface area contributed by atoms with Gasteiger partial charge in [-0.15, -0.1) is 0 Å². The monoisotopic (exact) mass is 1130 g/mol. The smallest absolute Gasteiger partial charge is 0.397 e. The Morgan fingerprint density at radius 3 is 1.37 bits per heavy atom. The molecule has 20 atom stereocenters. The molecule has 4 fully saturated rings. The normalized spacial score (nSPS) is 39.3. The van der Waals surface area contributed by atoms with Crippen LogP contribution in [-0.2, 0) is 112 Å². The number of hydrogen-bond donors (Lipinski definition) is 15. The van der Waals surface area contributed by atoms with Gasteiger partial charge in [0.1, 0.15) is 73.1 Å². The van der Waals surface area contributed by atoms with Crippen LogP contribution in [0.25, 0.3) is 0 Å². The maximum Gasteiger partial charge on any atom is 0.397 e. The summed E-state index contributed by atoms with van der Waals surface area (Å²) in [5.41, 5.74) is 0. The highest BCUT2D eigenvalue weighted by Gasteiger charge is 2.59. The SMILES string of the molecule is CCCO[C@H]1O[C@H](CO)[C@@H](O[C@@H]2O[C@@H](C(=O)O)[C@@H](O[C@H]3O[C@H](COS(=O)(=O)O)[C@@H](O[C@@H]4O[C@@H](C(=O)O)[C@@H](O)[C@H](O)[C@H]4OS(=O)(=O)O)[C@H](O)[C@H]3NS(=O)(=O)O)[C@H](O)[C@H]2OS(=O)(=O)O)[C@H](O)[C@H]1NS(=O)(=O)O. The molecule has 38 nitrogen and oxygen atoms in total. The van der Waals surface area contributed by atoms with Crippen LogP contribution in [0, 0.1) is 0 Å². The van der Waals surface area contributed by atoms with E-state index in [0.717, 1.165) is 0 Å². The fraction of sp³-hybridized carbons (Fsp3) is 0.926. The van der Waals surface area contributed by atoms with Gasteiger partial charge in [0.25, 0.3) is 0 Å². The molecule has 4 rings (SSSR count). The molecule has 0 aromatic carbocycles. The van der Waals surface area contributed by atoms with Crippen LogP contribution in [0.5, 0.6) is 0 Å². The van der Waals surface area contributed by atoms with Gasteiger partial charge < -0.3 is 78.7 Å². The van der Waals surface area contributed by atoms with Gasteiger partial charge in [-0.05, 0) is 6.42 Å². The number of nitrogens with one attached hydrogen (secondary N) is 2. The minimum atomic E-state index is -5.91. The van der Waals surface area contributed by atoms with Crippen molar-refractivity contribution >= 4 is 63.7 Å². The highest BCUT2D eigenvalue weighted by Crippen LogP contribution is 2.37. The minimum Gasteiger partial charge on any atom is -0.479 e. The lowest BCUT2D eigenvalue weighted by atomic mass is 9.94. The molecule has 0 spiro atoms. The summed E-state index contributed by atoms with van der Waals surface area (Å²) in [6.07, 6.45) is -47.1. The maximum absolute atomic E-state index is 12.7. The van der Waals surface area contributed by atoms with Gasteiger partial charge in [-0.1, -0.05) is 6.92 Å². The third-order valence-corrected chi connectivity index (χ3v) is 12.4. The summed E-state index contributed by atoms with van der Waals surface area (Å²) >= 11 is 0. The molecule has 0 aromatic heterocycles. The molecule has 0 amide bonds. The van der Waals surface area contributed by atoms with E-state index in [1.165, 1.54) is 4.72 Å². The van der Waals surface area contributed by atoms with Crippen molar-refractivity contribution in [1.82, 2.24) is 9.44 Å². The third-order valence-electron chi connectivity index (χ3n) is 9.86. The quantitative estimate of drug-likeness (QED) is 0.0423. The number of aliphatic hydroxyl groups is 6. The van der Waals surface area contributed by atoms with Crippen LogP contribution < -0.4 is 9.44 Å². The largest absolute Gasteiger partial charge is 0.479 e. The molecule has 70 heavy (non-hydrogen) atoms. The van der Waals surface area contributed by atoms with Crippen LogP contribution in [0.3, 0.4) is 0 Å². The highest BCUT2D eigenvalue weighted by atomic mass is 32.3. The molecule has 0 aliphatic carbocycles. The summed E-state index contributed by atoms with van der Waals surface area (Å²) in [6, 6.07) is -4.87. The van der Waals surface area contributed by atoms with Gasteiger partial charge in [0.15, 0.2) is 49.6 Å². The van der Waals surface area contributed by atoms with Crippen LogP contribution in [0.15, 0.2) is 0 Å². The van der Waals surface area contributed by atoms with E-state index >= 15 is 0 Å². The van der Waals surface area contributed by atoms with Crippen molar-refractivity contribution in [1.29, 1.82) is 0 Å². The van der Waals surface area contributed by atoms with Gasteiger partial charge in [0, 0.05) is 6.61 Å². The minimum absolute atomic E-state index is 0.206. The van der Waals surface area contributed by atoms with Crippen molar-refractivity contribution in [2.75, 3.05) is 19.8 Å². The van der Waals surface area contributed by atoms with Gasteiger partial charge in [-0.2, -0.15) is 51.5 Å². The topological polar surface area (TPSA) is 593 Å². The van der Waals surface area contributed by atoms with Crippen molar-refractivity contribution in [2.45, 2.75) is 136 Å². The molecule has 4 heterocycles. The van der Waals surface area contributed by atoms with Crippen LogP contribution in [0.1, 0.15) is 13.3 Å². The number of aliphatic carboxylic acids is 2. The van der Waals surface area contributed by atoms with E-state index in [0.29, 0.717) is 0 Å². The van der Waals surface area contributed by atoms with Crippen molar-refractivity contribution in [3.05, 3.63) is 0 Å². The summed E-state index contributed by atoms with van der Waals surface area (Å²) in [4.78, 5) is 24.6. The molecule has 410 valence electrons. The standard InChI is InChI=1S/C27H46N2O36S5/c1-2-3-55-24-8(28-66(40,41)42)10(31)15(6(4-30)57-24)59-27-20(65-70(52,53)54)14(35)17(21(63-27)23(38)39)61-25-9(29-67(43,44)45)11(32)16(7(58-25)5-56-68(46,47)48)60-26-19(64-69(49,50)51)13(34)12(33)18(62-26)22(36)37/h6-21,24-35H,2-5H2,1H3,(H,36,37)(H,38,39)(H,40,41,42)(H,43,44,45)(H,46,47,48)(H,49,50,51)(H,52,53,54)/t6-,7-,8-,9-,10-,11-,12+,13+,14+,15-,16-,17+,18-,19-,20-,21-,24+,25-,26-,27-/m1/s1. The zero-order valence-electron chi connectivity index (χ0n) is 34.6. The van der Waals surface area contributed by atoms with E-state index in [2.05, 4.69) is 12.5 Å². The van der Waals surface area contributed by atoms with Gasteiger partial charge in [-0.3, -0.25) is 22.8 Å². The zero-order valence-corrected chi connectivity index (χ0v) is 38.7. The lowest BCUT2D eigenvalue weighted by Crippen LogP contribution is -2.70. The van der Waals surface area contributed by atoms with Crippen LogP contribution in [0.4, 0.5) is 0 Å². The first-order chi connectivity index (χ1) is 32.0. The first kappa shape index (κ1) is 60.3. The molecule has 0 saturated carbocycles. The van der Waals surface area contributed by atoms with Crippen molar-refractivity contribution in [3.8, 4) is 0 Å². The summed E-state index contributed by atoms with van der Waals surface area (Å²) in [6.45, 7) is -1.53. The Hall–Kier alpha value is -2.27. The van der Waals surface area contributed by atoms with E-state index in [1.54, 1.807) is 11.6 Å². The van der Waals surface area contributed by atoms with Gasteiger partial charge in [0.2, 0.25) is 0 Å². The molecule has 0 bridgehead atoms. The average Bonchev–Trinajstić information content (AvgIpc) is 3.20. The zero-order chi connectivity index (χ0) is 53.2. The average molecular weight is 1130 g/mol. The van der Waals surface area contributed by atoms with Crippen LogP contribution in [-0.4, -0.2) is 260 Å². The first-order valence-corrected chi connectivity index (χ1v) is 26.0. The molecule has 4 saturated heterocycles. The van der Waals surface area contributed by atoms with E-state index < -0.39 is 200 Å². The summed E-state index contributed by atoms with van der Waals surface area (Å²) in [5.74, 6) is -4.40. The number of aliphatic hydroxyl groups excluding tert-OH is 6. The first-order valence-electron chi connectivity index (χ1n) is 19.0. The van der Waals surface area contributed by atoms with Crippen LogP contribution >= 0.6 is 0 Å². The molecule has 0 unspecified atom stereocenters. The van der Waals surface area contributed by atoms with E-state index in [-0.39, 0.29) is 13.0 Å². The van der Waals surface area contributed by atoms with Gasteiger partial charge in [0.05, 0.1) is 13.2 Å². The summed E-state index contributed by atoms with van der Waals surface area (Å²) in [5, 5.41) is 85.0. The Labute approximate surface area is 393 Å². The summed E-state index contributed by atoms with van der Waals surface area (Å²) < 4.78 is 225. The fourth-order valence-electron chi connectivity index (χ4n) is 7.08. The molecule has 4 aliphatic heterocycles. The number of hydrogen-bond acceptors (Lipinski definition) is 29. The molecular formula is C27H46N2O36S5. The maximum atomic E-state index is 12.7. The van der Waals surface area contributed by atoms with E-state index in [9.17, 15) is 115 Å². The number of carboxylic acids is 2. The lowest BCUT2D eigenvalue weighted by molar-refractivity contribution is -0.368. The number of rotatable bonds is 23. The molecular weight excluding hydrogens is 1090 g/mol. The Bertz CT molecular complexity index is 2370. The highest BCUT2D eigenvalue weighted by molar-refractivity contribution is 7.84.